The Bertz CT molecular complexity index is 67.3. The van der Waals surface area contributed by atoms with E-state index in [4.69, 9.17) is 24.9 Å². The zero-order valence-corrected chi connectivity index (χ0v) is 5.02. The van der Waals surface area contributed by atoms with Crippen molar-refractivity contribution < 1.29 is 24.9 Å². The molecule has 0 aliphatic carbocycles. The van der Waals surface area contributed by atoms with Crippen LogP contribution in [0.1, 0.15) is 0 Å². The number of hydrogen-bond acceptors (Lipinski definition) is 5. The second-order valence-electron chi connectivity index (χ2n) is 1.39. The molecular formula is C2H9O5P. The summed E-state index contributed by atoms with van der Waals surface area (Å²) in [7, 11) is -4.46. The quantitative estimate of drug-likeness (QED) is 0.282. The van der Waals surface area contributed by atoms with Gasteiger partial charge in [0.1, 0.15) is 0 Å². The third kappa shape index (κ3) is 2.52. The predicted octanol–water partition coefficient (Wildman–Crippen LogP) is -2.23. The van der Waals surface area contributed by atoms with Gasteiger partial charge in [-0.2, -0.15) is 0 Å². The van der Waals surface area contributed by atoms with Crippen LogP contribution in [-0.4, -0.2) is 37.3 Å². The monoisotopic (exact) mass is 144 g/mol. The maximum absolute atomic E-state index is 8.26. The topological polar surface area (TPSA) is 101 Å². The van der Waals surface area contributed by atoms with Gasteiger partial charge in [0.25, 0.3) is 0 Å². The van der Waals surface area contributed by atoms with Crippen molar-refractivity contribution in [1.29, 1.82) is 0 Å². The molecule has 0 rings (SSSR count). The van der Waals surface area contributed by atoms with E-state index in [2.05, 4.69) is 0 Å². The molecule has 0 spiro atoms. The van der Waals surface area contributed by atoms with Gasteiger partial charge < -0.3 is 0 Å². The third-order valence-corrected chi connectivity index (χ3v) is 1.70. The molecule has 1 atom stereocenters. The fraction of sp³-hybridized carbons (Fsp3) is 1.00. The first-order chi connectivity index (χ1) is 3.48. The average molecular weight is 144 g/mol. The summed E-state index contributed by atoms with van der Waals surface area (Å²) in [6.45, 7) is -0.838. The third-order valence-electron chi connectivity index (χ3n) is 0.620. The second kappa shape index (κ2) is 2.68. The van der Waals surface area contributed by atoms with Gasteiger partial charge in [0.2, 0.25) is 0 Å². The molecule has 0 aromatic heterocycles. The van der Waals surface area contributed by atoms with Crippen molar-refractivity contribution in [2.45, 2.75) is 5.85 Å². The molecule has 0 aliphatic heterocycles. The van der Waals surface area contributed by atoms with Crippen molar-refractivity contribution in [1.82, 2.24) is 0 Å². The summed E-state index contributed by atoms with van der Waals surface area (Å²) in [6.07, 6.45) is 0. The van der Waals surface area contributed by atoms with Crippen LogP contribution in [0.5, 0.6) is 0 Å². The van der Waals surface area contributed by atoms with Crippen LogP contribution < -0.4 is 0 Å². The first-order valence-corrected chi connectivity index (χ1v) is 3.86. The Morgan fingerprint density at radius 2 is 1.62 bits per heavy atom. The first-order valence-electron chi connectivity index (χ1n) is 1.94. The van der Waals surface area contributed by atoms with Crippen LogP contribution in [-0.2, 0) is 0 Å². The van der Waals surface area contributed by atoms with Crippen LogP contribution in [0.25, 0.3) is 0 Å². The van der Waals surface area contributed by atoms with Gasteiger partial charge in [-0.15, -0.1) is 0 Å². The van der Waals surface area contributed by atoms with E-state index < -0.39 is 20.4 Å². The zero-order valence-electron chi connectivity index (χ0n) is 4.02. The van der Waals surface area contributed by atoms with Crippen LogP contribution in [0.3, 0.4) is 0 Å². The number of aliphatic hydroxyl groups is 2. The van der Waals surface area contributed by atoms with Gasteiger partial charge in [0, 0.05) is 0 Å². The molecule has 0 aromatic carbocycles. The van der Waals surface area contributed by atoms with E-state index in [1.807, 2.05) is 0 Å². The fourth-order valence-electron chi connectivity index (χ4n) is 0.122. The van der Waals surface area contributed by atoms with Gasteiger partial charge in [-0.05, 0) is 0 Å². The average Bonchev–Trinajstić information content (AvgIpc) is 1.62. The fourth-order valence-corrected chi connectivity index (χ4v) is 0.367. The Labute approximate surface area is 46.4 Å². The molecule has 0 aromatic rings. The molecule has 6 heteroatoms. The standard InChI is InChI=1S/C2H9O5P/c3-1-2(4)8(5,6)7/h2-8H,1H2. The first kappa shape index (κ1) is 8.23. The molecule has 8 heavy (non-hydrogen) atoms. The van der Waals surface area contributed by atoms with Gasteiger partial charge in [-0.3, -0.25) is 0 Å². The van der Waals surface area contributed by atoms with E-state index in [1.165, 1.54) is 0 Å². The maximum atomic E-state index is 8.26. The van der Waals surface area contributed by atoms with E-state index in [0.29, 0.717) is 0 Å². The molecule has 0 heterocycles. The van der Waals surface area contributed by atoms with Crippen LogP contribution >= 0.6 is 7.94 Å². The molecule has 0 bridgehead atoms. The molecule has 5 N–H and O–H groups in total. The van der Waals surface area contributed by atoms with Gasteiger partial charge in [0.05, 0.1) is 0 Å². The van der Waals surface area contributed by atoms with Crippen LogP contribution in [0, 0.1) is 0 Å². The van der Waals surface area contributed by atoms with Crippen LogP contribution in [0.2, 0.25) is 0 Å². The van der Waals surface area contributed by atoms with Crippen molar-refractivity contribution in [3.05, 3.63) is 0 Å². The van der Waals surface area contributed by atoms with E-state index in [1.54, 1.807) is 0 Å². The normalized spacial score (nSPS) is 18.1. The summed E-state index contributed by atoms with van der Waals surface area (Å²) < 4.78 is 0. The zero-order chi connectivity index (χ0) is 6.78. The molecule has 0 saturated heterocycles. The minimum absolute atomic E-state index is 0.838. The molecule has 0 aliphatic rings. The SMILES string of the molecule is OCC(O)[PH](O)(O)O. The Balaban J connectivity index is 3.62. The Morgan fingerprint density at radius 3 is 1.62 bits per heavy atom. The molecule has 0 amide bonds. The van der Waals surface area contributed by atoms with Crippen molar-refractivity contribution in [3.8, 4) is 0 Å². The van der Waals surface area contributed by atoms with E-state index in [9.17, 15) is 0 Å². The molecule has 0 fully saturated rings. The van der Waals surface area contributed by atoms with Crippen molar-refractivity contribution >= 4 is 7.94 Å². The molecule has 5 nitrogen and oxygen atoms in total. The second-order valence-corrected chi connectivity index (χ2v) is 3.43. The van der Waals surface area contributed by atoms with E-state index >= 15 is 0 Å². The summed E-state index contributed by atoms with van der Waals surface area (Å²) in [6, 6.07) is 0. The molecule has 52 valence electrons. The minimum atomic E-state index is -4.46. The summed E-state index contributed by atoms with van der Waals surface area (Å²) in [5.41, 5.74) is 0. The number of hydrogen-bond donors (Lipinski definition) is 5. The molecule has 1 unspecified atom stereocenters. The summed E-state index contributed by atoms with van der Waals surface area (Å²) in [5.74, 6) is -1.79. The summed E-state index contributed by atoms with van der Waals surface area (Å²) >= 11 is 0. The van der Waals surface area contributed by atoms with Crippen molar-refractivity contribution in [3.63, 3.8) is 0 Å². The Hall–Kier alpha value is 0.230. The van der Waals surface area contributed by atoms with Crippen molar-refractivity contribution in [2.75, 3.05) is 6.61 Å². The summed E-state index contributed by atoms with van der Waals surface area (Å²) in [5, 5.41) is 16.2. The van der Waals surface area contributed by atoms with Gasteiger partial charge in [0.15, 0.2) is 0 Å². The Kier molecular flexibility index (Phi) is 2.76. The van der Waals surface area contributed by atoms with Gasteiger partial charge >= 0.3 is 45.3 Å². The Morgan fingerprint density at radius 1 is 1.25 bits per heavy atom. The van der Waals surface area contributed by atoms with Gasteiger partial charge in [-0.1, -0.05) is 0 Å². The van der Waals surface area contributed by atoms with Crippen LogP contribution in [0.15, 0.2) is 0 Å². The summed E-state index contributed by atoms with van der Waals surface area (Å²) in [4.78, 5) is 24.4. The van der Waals surface area contributed by atoms with E-state index in [0.717, 1.165) is 0 Å². The van der Waals surface area contributed by atoms with E-state index in [-0.39, 0.29) is 0 Å². The number of rotatable bonds is 2. The number of aliphatic hydroxyl groups excluding tert-OH is 2. The van der Waals surface area contributed by atoms with Gasteiger partial charge in [-0.25, -0.2) is 0 Å². The predicted molar refractivity (Wildman–Crippen MR) is 28.1 cm³/mol. The molecule has 0 radical (unpaired) electrons. The van der Waals surface area contributed by atoms with Crippen molar-refractivity contribution in [2.24, 2.45) is 0 Å². The molecule has 0 saturated carbocycles. The van der Waals surface area contributed by atoms with Crippen LogP contribution in [0.4, 0.5) is 0 Å². The molecular weight excluding hydrogens is 135 g/mol.